The van der Waals surface area contributed by atoms with E-state index < -0.39 is 17.5 Å². The molecule has 24 heavy (non-hydrogen) atoms. The second kappa shape index (κ2) is 6.55. The van der Waals surface area contributed by atoms with Crippen LogP contribution in [0.5, 0.6) is 0 Å². The van der Waals surface area contributed by atoms with Crippen molar-refractivity contribution >= 4 is 46.1 Å². The van der Waals surface area contributed by atoms with E-state index in [2.05, 4.69) is 27.9 Å². The highest BCUT2D eigenvalue weighted by molar-refractivity contribution is 8.01. The molecule has 9 nitrogen and oxygen atoms in total. The summed E-state index contributed by atoms with van der Waals surface area (Å²) >= 11 is 2.32. The smallest absolute Gasteiger partial charge is 0.344 e. The molecule has 1 aromatic heterocycles. The maximum Gasteiger partial charge on any atom is 0.344 e. The number of carbonyl (C=O) groups excluding carboxylic acids is 3. The minimum Gasteiger partial charge on any atom is -0.374 e. The van der Waals surface area contributed by atoms with E-state index in [9.17, 15) is 14.4 Å². The molecule has 1 saturated carbocycles. The second-order valence-corrected chi connectivity index (χ2v) is 8.30. The second-order valence-electron chi connectivity index (χ2n) is 6.07. The third-order valence-electron chi connectivity index (χ3n) is 4.27. The van der Waals surface area contributed by atoms with Crippen molar-refractivity contribution in [1.82, 2.24) is 25.9 Å². The molecule has 1 aliphatic carbocycles. The van der Waals surface area contributed by atoms with Crippen molar-refractivity contribution in [2.75, 3.05) is 11.5 Å². The number of nitrogens with one attached hydrogen (secondary N) is 2. The van der Waals surface area contributed by atoms with E-state index >= 15 is 0 Å². The standard InChI is InChI=1S/C13H18N6O3S2/c1-7-2-4-13(5-3-7)9(21)19(11(22)15-13)18-8(20)6-23-12-17-16-10(14)24-12/h7H,2-6H2,1H3,(H2,14,16)(H,15,22)(H,18,20). The van der Waals surface area contributed by atoms with Crippen LogP contribution in [0.2, 0.25) is 0 Å². The predicted molar refractivity (Wildman–Crippen MR) is 88.9 cm³/mol. The average Bonchev–Trinajstić information content (AvgIpc) is 3.06. The summed E-state index contributed by atoms with van der Waals surface area (Å²) < 4.78 is 0.553. The first-order valence-electron chi connectivity index (χ1n) is 7.57. The SMILES string of the molecule is CC1CCC2(CC1)NC(=O)N(NC(=O)CSc1nnc(N)s1)C2=O. The van der Waals surface area contributed by atoms with Crippen LogP contribution in [0.3, 0.4) is 0 Å². The first kappa shape index (κ1) is 17.0. The fourth-order valence-electron chi connectivity index (χ4n) is 2.88. The molecule has 1 aliphatic heterocycles. The zero-order valence-corrected chi connectivity index (χ0v) is 14.7. The highest BCUT2D eigenvalue weighted by atomic mass is 32.2. The third-order valence-corrected chi connectivity index (χ3v) is 6.16. The van der Waals surface area contributed by atoms with Crippen molar-refractivity contribution in [3.63, 3.8) is 0 Å². The van der Waals surface area contributed by atoms with Crippen molar-refractivity contribution in [3.05, 3.63) is 0 Å². The molecule has 4 amide bonds. The molecule has 1 saturated heterocycles. The van der Waals surface area contributed by atoms with Gasteiger partial charge in [0.05, 0.1) is 5.75 Å². The number of urea groups is 1. The molecular formula is C13H18N6O3S2. The van der Waals surface area contributed by atoms with Gasteiger partial charge in [0.15, 0.2) is 4.34 Å². The summed E-state index contributed by atoms with van der Waals surface area (Å²) in [7, 11) is 0. The average molecular weight is 370 g/mol. The Morgan fingerprint density at radius 2 is 2.17 bits per heavy atom. The van der Waals surface area contributed by atoms with Gasteiger partial charge in [-0.15, -0.1) is 10.2 Å². The molecule has 2 heterocycles. The fourth-order valence-corrected chi connectivity index (χ4v) is 4.31. The van der Waals surface area contributed by atoms with Gasteiger partial charge in [-0.1, -0.05) is 30.0 Å². The molecule has 1 aromatic rings. The van der Waals surface area contributed by atoms with Crippen LogP contribution in [0.4, 0.5) is 9.93 Å². The number of hydrogen-bond acceptors (Lipinski definition) is 8. The van der Waals surface area contributed by atoms with Crippen molar-refractivity contribution in [2.45, 2.75) is 42.5 Å². The molecular weight excluding hydrogens is 352 g/mol. The molecule has 3 rings (SSSR count). The lowest BCUT2D eigenvalue weighted by Crippen LogP contribution is -2.51. The van der Waals surface area contributed by atoms with Crippen molar-refractivity contribution < 1.29 is 14.4 Å². The number of hydrogen-bond donors (Lipinski definition) is 3. The van der Waals surface area contributed by atoms with Gasteiger partial charge in [0, 0.05) is 0 Å². The zero-order chi connectivity index (χ0) is 17.3. The van der Waals surface area contributed by atoms with Crippen LogP contribution in [-0.4, -0.2) is 44.3 Å². The largest absolute Gasteiger partial charge is 0.374 e. The molecule has 2 aliphatic rings. The maximum atomic E-state index is 12.6. The van der Waals surface area contributed by atoms with Gasteiger partial charge in [0.2, 0.25) is 11.0 Å². The van der Waals surface area contributed by atoms with E-state index in [1.165, 1.54) is 11.3 Å². The van der Waals surface area contributed by atoms with Gasteiger partial charge < -0.3 is 11.1 Å². The molecule has 130 valence electrons. The van der Waals surface area contributed by atoms with E-state index in [1.54, 1.807) is 0 Å². The lowest BCUT2D eigenvalue weighted by atomic mass is 9.77. The predicted octanol–water partition coefficient (Wildman–Crippen LogP) is 0.744. The van der Waals surface area contributed by atoms with E-state index in [0.717, 1.165) is 29.6 Å². The van der Waals surface area contributed by atoms with Crippen LogP contribution in [0.1, 0.15) is 32.6 Å². The van der Waals surface area contributed by atoms with E-state index in [4.69, 9.17) is 5.73 Å². The first-order chi connectivity index (χ1) is 11.4. The minimum absolute atomic E-state index is 0.00965. The summed E-state index contributed by atoms with van der Waals surface area (Å²) in [5, 5.41) is 11.3. The number of carbonyl (C=O) groups is 3. The highest BCUT2D eigenvalue weighted by Gasteiger charge is 2.52. The van der Waals surface area contributed by atoms with E-state index in [-0.39, 0.29) is 11.7 Å². The van der Waals surface area contributed by atoms with Gasteiger partial charge in [-0.05, 0) is 31.6 Å². The van der Waals surface area contributed by atoms with Gasteiger partial charge in [-0.3, -0.25) is 15.0 Å². The number of hydrazine groups is 1. The molecule has 1 spiro atoms. The fraction of sp³-hybridized carbons (Fsp3) is 0.615. The summed E-state index contributed by atoms with van der Waals surface area (Å²) in [6.07, 6.45) is 2.96. The summed E-state index contributed by atoms with van der Waals surface area (Å²) in [6.45, 7) is 2.13. The number of imide groups is 1. The van der Waals surface area contributed by atoms with Crippen molar-refractivity contribution in [1.29, 1.82) is 0 Å². The molecule has 2 fully saturated rings. The van der Waals surface area contributed by atoms with Crippen LogP contribution in [-0.2, 0) is 9.59 Å². The van der Waals surface area contributed by atoms with Crippen LogP contribution in [0, 0.1) is 5.92 Å². The summed E-state index contributed by atoms with van der Waals surface area (Å²) in [4.78, 5) is 36.7. The molecule has 0 radical (unpaired) electrons. The number of nitrogen functional groups attached to an aromatic ring is 1. The lowest BCUT2D eigenvalue weighted by Gasteiger charge is -2.33. The molecule has 0 bridgehead atoms. The van der Waals surface area contributed by atoms with Crippen LogP contribution < -0.4 is 16.5 Å². The number of amides is 4. The topological polar surface area (TPSA) is 130 Å². The van der Waals surface area contributed by atoms with Gasteiger partial charge in [0.1, 0.15) is 5.54 Å². The van der Waals surface area contributed by atoms with Crippen LogP contribution in [0.25, 0.3) is 0 Å². The van der Waals surface area contributed by atoms with Gasteiger partial charge in [-0.2, -0.15) is 5.01 Å². The Hall–Kier alpha value is -1.88. The van der Waals surface area contributed by atoms with Crippen LogP contribution in [0.15, 0.2) is 4.34 Å². The number of nitrogens with zero attached hydrogens (tertiary/aromatic N) is 3. The van der Waals surface area contributed by atoms with Crippen LogP contribution >= 0.6 is 23.1 Å². The van der Waals surface area contributed by atoms with Crippen molar-refractivity contribution in [3.8, 4) is 0 Å². The van der Waals surface area contributed by atoms with Gasteiger partial charge in [0.25, 0.3) is 5.91 Å². The zero-order valence-electron chi connectivity index (χ0n) is 13.1. The normalized spacial score (nSPS) is 26.7. The summed E-state index contributed by atoms with van der Waals surface area (Å²) in [5.41, 5.74) is 6.98. The lowest BCUT2D eigenvalue weighted by molar-refractivity contribution is -0.139. The van der Waals surface area contributed by atoms with E-state index in [1.807, 2.05) is 0 Å². The Labute approximate surface area is 146 Å². The van der Waals surface area contributed by atoms with Gasteiger partial charge in [-0.25, -0.2) is 4.79 Å². The maximum absolute atomic E-state index is 12.6. The minimum atomic E-state index is -0.863. The quantitative estimate of drug-likeness (QED) is 0.526. The monoisotopic (exact) mass is 370 g/mol. The number of aromatic nitrogens is 2. The molecule has 0 unspecified atom stereocenters. The number of anilines is 1. The third kappa shape index (κ3) is 3.31. The molecule has 4 N–H and O–H groups in total. The highest BCUT2D eigenvalue weighted by Crippen LogP contribution is 2.35. The van der Waals surface area contributed by atoms with Crippen molar-refractivity contribution in [2.24, 2.45) is 5.92 Å². The van der Waals surface area contributed by atoms with E-state index in [0.29, 0.717) is 28.2 Å². The Balaban J connectivity index is 1.57. The number of nitrogens with two attached hydrogens (primary N) is 1. The summed E-state index contributed by atoms with van der Waals surface area (Å²) in [6, 6.07) is -0.576. The first-order valence-corrected chi connectivity index (χ1v) is 9.38. The molecule has 11 heteroatoms. The molecule has 0 atom stereocenters. The Morgan fingerprint density at radius 1 is 1.46 bits per heavy atom. The molecule has 0 aromatic carbocycles. The Morgan fingerprint density at radius 3 is 2.79 bits per heavy atom. The Bertz CT molecular complexity index is 670. The number of thioether (sulfide) groups is 1. The number of rotatable bonds is 4. The Kier molecular flexibility index (Phi) is 4.63. The van der Waals surface area contributed by atoms with Gasteiger partial charge >= 0.3 is 6.03 Å². The summed E-state index contributed by atoms with van der Waals surface area (Å²) in [5.74, 6) is -0.286.